The predicted octanol–water partition coefficient (Wildman–Crippen LogP) is 2.96. The molecule has 4 heteroatoms. The minimum atomic E-state index is -0.0315. The van der Waals surface area contributed by atoms with Crippen LogP contribution in [-0.2, 0) is 16.0 Å². The smallest absolute Gasteiger partial charge is 0.248 e. The molecule has 0 bridgehead atoms. The van der Waals surface area contributed by atoms with Crippen molar-refractivity contribution >= 4 is 5.91 Å². The van der Waals surface area contributed by atoms with E-state index in [0.717, 1.165) is 23.7 Å². The van der Waals surface area contributed by atoms with Gasteiger partial charge in [0.2, 0.25) is 5.91 Å². The minimum Gasteiger partial charge on any atom is -0.496 e. The number of benzene rings is 1. The fourth-order valence-electron chi connectivity index (χ4n) is 3.57. The highest BCUT2D eigenvalue weighted by Crippen LogP contribution is 2.33. The molecule has 120 valence electrons. The van der Waals surface area contributed by atoms with Gasteiger partial charge in [-0.2, -0.15) is 0 Å². The Balaban J connectivity index is 1.78. The zero-order chi connectivity index (χ0) is 15.5. The van der Waals surface area contributed by atoms with Crippen LogP contribution in [0.5, 0.6) is 5.75 Å². The molecule has 4 nitrogen and oxygen atoms in total. The van der Waals surface area contributed by atoms with Gasteiger partial charge in [-0.25, -0.2) is 0 Å². The number of rotatable bonds is 4. The van der Waals surface area contributed by atoms with Crippen LogP contribution in [0.2, 0.25) is 0 Å². The van der Waals surface area contributed by atoms with E-state index in [2.05, 4.69) is 12.1 Å². The van der Waals surface area contributed by atoms with Gasteiger partial charge in [-0.3, -0.25) is 4.79 Å². The summed E-state index contributed by atoms with van der Waals surface area (Å²) < 4.78 is 11.2. The summed E-state index contributed by atoms with van der Waals surface area (Å²) in [6, 6.07) is 6.32. The highest BCUT2D eigenvalue weighted by atomic mass is 16.5. The molecule has 0 spiro atoms. The summed E-state index contributed by atoms with van der Waals surface area (Å²) >= 11 is 0. The van der Waals surface area contributed by atoms with Crippen molar-refractivity contribution in [3.8, 4) is 5.75 Å². The number of likely N-dealkylation sites (N-methyl/N-ethyl adjacent to an activating group) is 1. The molecule has 0 N–H and O–H groups in total. The van der Waals surface area contributed by atoms with Gasteiger partial charge in [0.25, 0.3) is 0 Å². The van der Waals surface area contributed by atoms with Crippen LogP contribution < -0.4 is 4.74 Å². The standard InChI is InChI=1S/C18H25NO3/c1-19-11-17(22-12-18(19)20)14-7-8-16(21-2)15(10-14)9-13-5-3-4-6-13/h7-8,10,13,17H,3-6,9,11-12H2,1-2H3. The van der Waals surface area contributed by atoms with Crippen LogP contribution in [0.3, 0.4) is 0 Å². The van der Waals surface area contributed by atoms with Gasteiger partial charge in [0, 0.05) is 7.05 Å². The minimum absolute atomic E-state index is 0.0315. The largest absolute Gasteiger partial charge is 0.496 e. The van der Waals surface area contributed by atoms with E-state index in [1.807, 2.05) is 13.1 Å². The third-order valence-corrected chi connectivity index (χ3v) is 4.93. The fourth-order valence-corrected chi connectivity index (χ4v) is 3.57. The number of nitrogens with zero attached hydrogens (tertiary/aromatic N) is 1. The lowest BCUT2D eigenvalue weighted by Gasteiger charge is -2.30. The maximum absolute atomic E-state index is 11.5. The number of amides is 1. The highest BCUT2D eigenvalue weighted by Gasteiger charge is 2.26. The maximum Gasteiger partial charge on any atom is 0.248 e. The van der Waals surface area contributed by atoms with Gasteiger partial charge in [-0.15, -0.1) is 0 Å². The summed E-state index contributed by atoms with van der Waals surface area (Å²) in [7, 11) is 3.57. The molecule has 2 aliphatic rings. The number of carbonyl (C=O) groups is 1. The monoisotopic (exact) mass is 303 g/mol. The Morgan fingerprint density at radius 1 is 1.32 bits per heavy atom. The van der Waals surface area contributed by atoms with Crippen LogP contribution in [0.4, 0.5) is 0 Å². The van der Waals surface area contributed by atoms with Crippen molar-refractivity contribution in [1.82, 2.24) is 4.90 Å². The average molecular weight is 303 g/mol. The van der Waals surface area contributed by atoms with Crippen LogP contribution in [0.25, 0.3) is 0 Å². The number of morpholine rings is 1. The number of ether oxygens (including phenoxy) is 2. The second-order valence-electron chi connectivity index (χ2n) is 6.50. The SMILES string of the molecule is COc1ccc(C2CN(C)C(=O)CO2)cc1CC1CCCC1. The molecule has 1 heterocycles. The van der Waals surface area contributed by atoms with E-state index in [0.29, 0.717) is 6.54 Å². The molecule has 3 rings (SSSR count). The third kappa shape index (κ3) is 3.27. The summed E-state index contributed by atoms with van der Waals surface area (Å²) in [4.78, 5) is 13.3. The zero-order valence-corrected chi connectivity index (χ0v) is 13.5. The van der Waals surface area contributed by atoms with E-state index in [9.17, 15) is 4.79 Å². The molecule has 1 saturated carbocycles. The second-order valence-corrected chi connectivity index (χ2v) is 6.50. The van der Waals surface area contributed by atoms with Crippen LogP contribution in [0, 0.1) is 5.92 Å². The number of methoxy groups -OCH3 is 1. The molecule has 0 aromatic heterocycles. The van der Waals surface area contributed by atoms with E-state index in [4.69, 9.17) is 9.47 Å². The Labute approximate surface area is 132 Å². The molecule has 1 aliphatic carbocycles. The van der Waals surface area contributed by atoms with E-state index in [1.165, 1.54) is 31.2 Å². The van der Waals surface area contributed by atoms with E-state index in [-0.39, 0.29) is 18.6 Å². The van der Waals surface area contributed by atoms with Crippen molar-refractivity contribution in [3.63, 3.8) is 0 Å². The van der Waals surface area contributed by atoms with Crippen molar-refractivity contribution in [1.29, 1.82) is 0 Å². The van der Waals surface area contributed by atoms with Crippen molar-refractivity contribution in [2.24, 2.45) is 5.92 Å². The van der Waals surface area contributed by atoms with Crippen molar-refractivity contribution in [2.45, 2.75) is 38.2 Å². The maximum atomic E-state index is 11.5. The molecule has 1 atom stereocenters. The third-order valence-electron chi connectivity index (χ3n) is 4.93. The molecular formula is C18H25NO3. The predicted molar refractivity (Wildman–Crippen MR) is 85.0 cm³/mol. The first-order chi connectivity index (χ1) is 10.7. The first kappa shape index (κ1) is 15.3. The van der Waals surface area contributed by atoms with Crippen molar-refractivity contribution in [3.05, 3.63) is 29.3 Å². The summed E-state index contributed by atoms with van der Waals surface area (Å²) in [6.45, 7) is 0.791. The summed E-state index contributed by atoms with van der Waals surface area (Å²) in [5.41, 5.74) is 2.42. The zero-order valence-electron chi connectivity index (χ0n) is 13.5. The van der Waals surface area contributed by atoms with Crippen LogP contribution >= 0.6 is 0 Å². The van der Waals surface area contributed by atoms with Gasteiger partial charge < -0.3 is 14.4 Å². The lowest BCUT2D eigenvalue weighted by atomic mass is 9.94. The Kier molecular flexibility index (Phi) is 4.67. The molecule has 1 aromatic carbocycles. The van der Waals surface area contributed by atoms with Crippen molar-refractivity contribution in [2.75, 3.05) is 27.3 Å². The molecule has 1 amide bonds. The fraction of sp³-hybridized carbons (Fsp3) is 0.611. The molecule has 1 aromatic rings. The molecular weight excluding hydrogens is 278 g/mol. The first-order valence-electron chi connectivity index (χ1n) is 8.19. The number of hydrogen-bond acceptors (Lipinski definition) is 3. The van der Waals surface area contributed by atoms with Crippen LogP contribution in [-0.4, -0.2) is 38.1 Å². The van der Waals surface area contributed by atoms with E-state index >= 15 is 0 Å². The van der Waals surface area contributed by atoms with E-state index < -0.39 is 0 Å². The number of hydrogen-bond donors (Lipinski definition) is 0. The Morgan fingerprint density at radius 2 is 2.09 bits per heavy atom. The van der Waals surface area contributed by atoms with Gasteiger partial charge in [-0.05, 0) is 35.6 Å². The second kappa shape index (κ2) is 6.69. The average Bonchev–Trinajstić information content (AvgIpc) is 3.03. The molecule has 22 heavy (non-hydrogen) atoms. The lowest BCUT2D eigenvalue weighted by molar-refractivity contribution is -0.147. The number of carbonyl (C=O) groups excluding carboxylic acids is 1. The lowest BCUT2D eigenvalue weighted by Crippen LogP contribution is -2.40. The Hall–Kier alpha value is -1.55. The Morgan fingerprint density at radius 3 is 2.77 bits per heavy atom. The summed E-state index contributed by atoms with van der Waals surface area (Å²) in [5.74, 6) is 1.80. The summed E-state index contributed by atoms with van der Waals surface area (Å²) in [5, 5.41) is 0. The van der Waals surface area contributed by atoms with E-state index in [1.54, 1.807) is 12.0 Å². The summed E-state index contributed by atoms with van der Waals surface area (Å²) in [6.07, 6.45) is 6.40. The van der Waals surface area contributed by atoms with Gasteiger partial charge in [0.1, 0.15) is 18.5 Å². The Bertz CT molecular complexity index is 537. The van der Waals surface area contributed by atoms with Crippen LogP contribution in [0.15, 0.2) is 18.2 Å². The molecule has 1 saturated heterocycles. The molecule has 2 fully saturated rings. The van der Waals surface area contributed by atoms with Gasteiger partial charge >= 0.3 is 0 Å². The molecule has 0 radical (unpaired) electrons. The first-order valence-corrected chi connectivity index (χ1v) is 8.19. The van der Waals surface area contributed by atoms with Crippen LogP contribution in [0.1, 0.15) is 42.9 Å². The highest BCUT2D eigenvalue weighted by molar-refractivity contribution is 5.77. The molecule has 1 unspecified atom stereocenters. The quantitative estimate of drug-likeness (QED) is 0.858. The van der Waals surface area contributed by atoms with Gasteiger partial charge in [0.05, 0.1) is 13.7 Å². The molecule has 1 aliphatic heterocycles. The topological polar surface area (TPSA) is 38.8 Å². The van der Waals surface area contributed by atoms with Gasteiger partial charge in [0.15, 0.2) is 0 Å². The van der Waals surface area contributed by atoms with Gasteiger partial charge in [-0.1, -0.05) is 31.7 Å². The van der Waals surface area contributed by atoms with Crippen molar-refractivity contribution < 1.29 is 14.3 Å². The normalized spacial score (nSPS) is 23.1.